The molecule has 0 amide bonds. The normalized spacial score (nSPS) is 13.0. The molecule has 0 radical (unpaired) electrons. The lowest BCUT2D eigenvalue weighted by atomic mass is 9.68. The summed E-state index contributed by atoms with van der Waals surface area (Å²) in [5.41, 5.74) is 2.32. The summed E-state index contributed by atoms with van der Waals surface area (Å²) >= 11 is 0. The number of esters is 2. The molecule has 0 saturated carbocycles. The van der Waals surface area contributed by atoms with E-state index in [2.05, 4.69) is 81.4 Å². The van der Waals surface area contributed by atoms with Crippen LogP contribution in [0.3, 0.4) is 0 Å². The Labute approximate surface area is 214 Å². The van der Waals surface area contributed by atoms with Crippen molar-refractivity contribution in [1.82, 2.24) is 0 Å². The van der Waals surface area contributed by atoms with Gasteiger partial charge in [-0.05, 0) is 53.1 Å². The number of ether oxygens (including phenoxy) is 3. The van der Waals surface area contributed by atoms with Crippen molar-refractivity contribution in [3.8, 4) is 5.75 Å². The molecule has 0 aliphatic carbocycles. The molecule has 0 atom stereocenters. The van der Waals surface area contributed by atoms with Crippen molar-refractivity contribution in [3.63, 3.8) is 0 Å². The molecule has 0 N–H and O–H groups in total. The Morgan fingerprint density at radius 1 is 0.743 bits per heavy atom. The van der Waals surface area contributed by atoms with Crippen molar-refractivity contribution in [1.29, 1.82) is 0 Å². The van der Waals surface area contributed by atoms with Gasteiger partial charge in [-0.2, -0.15) is 0 Å². The number of hydrogen-bond acceptors (Lipinski definition) is 5. The van der Waals surface area contributed by atoms with E-state index in [9.17, 15) is 9.59 Å². The standard InChI is InChI=1S/C30H50O5/c1-12-33-17-18-34-25(31)15-16-26(32)35-24-14-13-22(29(8,9)20-27(2,3)4)19-23(24)30(10,11)21-28(5,6)7/h13-14,19H,12,15-18,20-21H2,1-11H3. The van der Waals surface area contributed by atoms with E-state index in [-0.39, 0.29) is 41.1 Å². The zero-order chi connectivity index (χ0) is 27.1. The Bertz CT molecular complexity index is 837. The lowest BCUT2D eigenvalue weighted by Gasteiger charge is -2.37. The van der Waals surface area contributed by atoms with Crippen LogP contribution in [0.1, 0.15) is 113 Å². The molecule has 1 aromatic rings. The predicted molar refractivity (Wildman–Crippen MR) is 143 cm³/mol. The maximum atomic E-state index is 12.7. The molecule has 0 aliphatic rings. The maximum Gasteiger partial charge on any atom is 0.311 e. The van der Waals surface area contributed by atoms with Crippen LogP contribution in [-0.2, 0) is 29.9 Å². The van der Waals surface area contributed by atoms with E-state index in [1.54, 1.807) is 0 Å². The number of carbonyl (C=O) groups excluding carboxylic acids is 2. The highest BCUT2D eigenvalue weighted by atomic mass is 16.6. The molecule has 0 fully saturated rings. The van der Waals surface area contributed by atoms with Crippen LogP contribution in [0.5, 0.6) is 5.75 Å². The summed E-state index contributed by atoms with van der Waals surface area (Å²) in [5.74, 6) is -0.278. The zero-order valence-electron chi connectivity index (χ0n) is 24.2. The summed E-state index contributed by atoms with van der Waals surface area (Å²) in [6, 6.07) is 6.23. The van der Waals surface area contributed by atoms with Crippen molar-refractivity contribution in [2.24, 2.45) is 10.8 Å². The van der Waals surface area contributed by atoms with Gasteiger partial charge in [-0.1, -0.05) is 81.4 Å². The first kappa shape index (κ1) is 31.2. The fourth-order valence-electron chi connectivity index (χ4n) is 5.23. The van der Waals surface area contributed by atoms with Crippen molar-refractivity contribution < 1.29 is 23.8 Å². The van der Waals surface area contributed by atoms with Crippen LogP contribution in [0, 0.1) is 10.8 Å². The Kier molecular flexibility index (Phi) is 11.0. The SMILES string of the molecule is CCOCCOC(=O)CCC(=O)Oc1ccc(C(C)(C)CC(C)(C)C)cc1C(C)(C)CC(C)(C)C. The van der Waals surface area contributed by atoms with Crippen molar-refractivity contribution in [3.05, 3.63) is 29.3 Å². The van der Waals surface area contributed by atoms with Gasteiger partial charge in [0.05, 0.1) is 19.4 Å². The van der Waals surface area contributed by atoms with Crippen LogP contribution in [0.4, 0.5) is 0 Å². The first-order valence-corrected chi connectivity index (χ1v) is 13.0. The first-order chi connectivity index (χ1) is 15.9. The Morgan fingerprint density at radius 2 is 1.29 bits per heavy atom. The number of benzene rings is 1. The van der Waals surface area contributed by atoms with Gasteiger partial charge in [0.25, 0.3) is 0 Å². The number of carbonyl (C=O) groups is 2. The smallest absolute Gasteiger partial charge is 0.311 e. The van der Waals surface area contributed by atoms with Gasteiger partial charge in [-0.3, -0.25) is 9.59 Å². The second-order valence-corrected chi connectivity index (χ2v) is 13.3. The fourth-order valence-corrected chi connectivity index (χ4v) is 5.23. The molecule has 0 spiro atoms. The van der Waals surface area contributed by atoms with E-state index in [4.69, 9.17) is 14.2 Å². The van der Waals surface area contributed by atoms with E-state index in [1.807, 2.05) is 13.0 Å². The van der Waals surface area contributed by atoms with Crippen molar-refractivity contribution in [2.45, 2.75) is 113 Å². The van der Waals surface area contributed by atoms with E-state index in [1.165, 1.54) is 5.56 Å². The number of rotatable bonds is 12. The van der Waals surface area contributed by atoms with E-state index >= 15 is 0 Å². The summed E-state index contributed by atoms with van der Waals surface area (Å²) in [6.45, 7) is 25.4. The minimum absolute atomic E-state index is 0.0115. The summed E-state index contributed by atoms with van der Waals surface area (Å²) < 4.78 is 16.1. The highest BCUT2D eigenvalue weighted by Crippen LogP contribution is 2.44. The molecule has 0 unspecified atom stereocenters. The molecule has 35 heavy (non-hydrogen) atoms. The first-order valence-electron chi connectivity index (χ1n) is 13.0. The van der Waals surface area contributed by atoms with E-state index in [0.717, 1.165) is 18.4 Å². The largest absolute Gasteiger partial charge is 0.463 e. The average Bonchev–Trinajstić information content (AvgIpc) is 2.66. The maximum absolute atomic E-state index is 12.7. The van der Waals surface area contributed by atoms with Crippen LogP contribution < -0.4 is 4.74 Å². The molecule has 0 heterocycles. The summed E-state index contributed by atoms with van der Waals surface area (Å²) in [5, 5.41) is 0. The van der Waals surface area contributed by atoms with Gasteiger partial charge in [0.1, 0.15) is 12.4 Å². The van der Waals surface area contributed by atoms with Gasteiger partial charge >= 0.3 is 11.9 Å². The minimum atomic E-state index is -0.429. The minimum Gasteiger partial charge on any atom is -0.463 e. The lowest BCUT2D eigenvalue weighted by molar-refractivity contribution is -0.148. The molecule has 1 rings (SSSR count). The number of hydrogen-bond donors (Lipinski definition) is 0. The second-order valence-electron chi connectivity index (χ2n) is 13.3. The van der Waals surface area contributed by atoms with Gasteiger partial charge in [0.2, 0.25) is 0 Å². The Balaban J connectivity index is 3.13. The van der Waals surface area contributed by atoms with Crippen LogP contribution in [0.25, 0.3) is 0 Å². The van der Waals surface area contributed by atoms with E-state index < -0.39 is 11.9 Å². The molecular weight excluding hydrogens is 440 g/mol. The van der Waals surface area contributed by atoms with Gasteiger partial charge in [-0.25, -0.2) is 0 Å². The quantitative estimate of drug-likeness (QED) is 0.174. The zero-order valence-corrected chi connectivity index (χ0v) is 24.2. The lowest BCUT2D eigenvalue weighted by Crippen LogP contribution is -2.28. The third kappa shape index (κ3) is 11.6. The molecule has 5 nitrogen and oxygen atoms in total. The summed E-state index contributed by atoms with van der Waals surface area (Å²) in [6.07, 6.45) is 1.93. The molecule has 1 aromatic carbocycles. The van der Waals surface area contributed by atoms with Crippen LogP contribution in [0.15, 0.2) is 18.2 Å². The van der Waals surface area contributed by atoms with Gasteiger partial charge < -0.3 is 14.2 Å². The molecular formula is C30H50O5. The Morgan fingerprint density at radius 3 is 1.83 bits per heavy atom. The van der Waals surface area contributed by atoms with Gasteiger partial charge in [0.15, 0.2) is 0 Å². The van der Waals surface area contributed by atoms with E-state index in [0.29, 0.717) is 19.0 Å². The average molecular weight is 491 g/mol. The molecule has 0 bridgehead atoms. The van der Waals surface area contributed by atoms with Crippen LogP contribution in [-0.4, -0.2) is 31.8 Å². The fraction of sp³-hybridized carbons (Fsp3) is 0.733. The molecule has 0 aromatic heterocycles. The highest BCUT2D eigenvalue weighted by molar-refractivity contribution is 5.79. The topological polar surface area (TPSA) is 61.8 Å². The van der Waals surface area contributed by atoms with Crippen molar-refractivity contribution in [2.75, 3.05) is 19.8 Å². The summed E-state index contributed by atoms with van der Waals surface area (Å²) in [7, 11) is 0. The molecule has 0 aliphatic heterocycles. The third-order valence-electron chi connectivity index (χ3n) is 5.89. The molecule has 0 saturated heterocycles. The Hall–Kier alpha value is -1.88. The second kappa shape index (κ2) is 12.4. The third-order valence-corrected chi connectivity index (χ3v) is 5.89. The van der Waals surface area contributed by atoms with Crippen LogP contribution in [0.2, 0.25) is 0 Å². The molecule has 200 valence electrons. The van der Waals surface area contributed by atoms with Gasteiger partial charge in [0, 0.05) is 12.2 Å². The summed E-state index contributed by atoms with van der Waals surface area (Å²) in [4.78, 5) is 24.6. The van der Waals surface area contributed by atoms with Gasteiger partial charge in [-0.15, -0.1) is 0 Å². The monoisotopic (exact) mass is 490 g/mol. The highest BCUT2D eigenvalue weighted by Gasteiger charge is 2.33. The molecule has 5 heteroatoms. The predicted octanol–water partition coefficient (Wildman–Crippen LogP) is 7.38. The van der Waals surface area contributed by atoms with Crippen molar-refractivity contribution >= 4 is 11.9 Å². The van der Waals surface area contributed by atoms with Crippen LogP contribution >= 0.6 is 0 Å².